The minimum absolute atomic E-state index is 0.0492. The van der Waals surface area contributed by atoms with Crippen molar-refractivity contribution in [2.45, 2.75) is 13.8 Å². The summed E-state index contributed by atoms with van der Waals surface area (Å²) in [5.74, 6) is -0.685. The van der Waals surface area contributed by atoms with Crippen LogP contribution in [0, 0.1) is 20.2 Å². The van der Waals surface area contributed by atoms with Crippen molar-refractivity contribution in [1.82, 2.24) is 0 Å². The van der Waals surface area contributed by atoms with Crippen molar-refractivity contribution in [2.75, 3.05) is 23.7 Å². The van der Waals surface area contributed by atoms with E-state index in [9.17, 15) is 25.0 Å². The molecule has 0 aromatic heterocycles. The van der Waals surface area contributed by atoms with Crippen molar-refractivity contribution in [2.24, 2.45) is 5.73 Å². The van der Waals surface area contributed by atoms with Crippen molar-refractivity contribution < 1.29 is 14.6 Å². The molecule has 0 bridgehead atoms. The fraction of sp³-hybridized carbons (Fsp3) is 0.211. The number of rotatable bonds is 9. The molecule has 11 heteroatoms. The molecule has 10 nitrogen and oxygen atoms in total. The number of nitrogens with one attached hydrogen (secondary N) is 2. The number of nitro benzene ring substituents is 2. The molecule has 0 aliphatic rings. The van der Waals surface area contributed by atoms with E-state index in [1.807, 2.05) is 13.8 Å². The maximum Gasteiger partial charge on any atom is 0.293 e. The molecule has 0 saturated carbocycles. The van der Waals surface area contributed by atoms with Gasteiger partial charge in [0.1, 0.15) is 11.4 Å². The maximum absolute atomic E-state index is 11.4. The van der Waals surface area contributed by atoms with Crippen molar-refractivity contribution in [1.29, 1.82) is 0 Å². The van der Waals surface area contributed by atoms with Gasteiger partial charge in [0.05, 0.1) is 9.85 Å². The summed E-state index contributed by atoms with van der Waals surface area (Å²) in [6, 6.07) is 8.55. The zero-order chi connectivity index (χ0) is 22.4. The van der Waals surface area contributed by atoms with Gasteiger partial charge in [-0.2, -0.15) is 0 Å². The van der Waals surface area contributed by atoms with Gasteiger partial charge in [0.2, 0.25) is 5.91 Å². The lowest BCUT2D eigenvalue weighted by molar-refractivity contribution is -0.384. The minimum Gasteiger partial charge on any atom is -0.376 e. The third kappa shape index (κ3) is 5.54. The van der Waals surface area contributed by atoms with Crippen molar-refractivity contribution in [3.63, 3.8) is 0 Å². The lowest BCUT2D eigenvalue weighted by Crippen LogP contribution is -2.14. The molecule has 0 saturated heterocycles. The second-order valence-corrected chi connectivity index (χ2v) is 7.37. The summed E-state index contributed by atoms with van der Waals surface area (Å²) in [5, 5.41) is 28.4. The molecular weight excluding hydrogens is 458 g/mol. The van der Waals surface area contributed by atoms with Gasteiger partial charge in [-0.25, -0.2) is 0 Å². The third-order valence-electron chi connectivity index (χ3n) is 4.47. The number of primary amides is 1. The number of amides is 1. The van der Waals surface area contributed by atoms with E-state index in [-0.39, 0.29) is 29.2 Å². The maximum atomic E-state index is 11.4. The van der Waals surface area contributed by atoms with Crippen molar-refractivity contribution in [3.05, 3.63) is 77.8 Å². The van der Waals surface area contributed by atoms with Gasteiger partial charge in [0.15, 0.2) is 0 Å². The van der Waals surface area contributed by atoms with Crippen LogP contribution >= 0.6 is 15.9 Å². The van der Waals surface area contributed by atoms with E-state index in [2.05, 4.69) is 26.6 Å². The summed E-state index contributed by atoms with van der Waals surface area (Å²) >= 11 is 3.31. The Labute approximate surface area is 180 Å². The average Bonchev–Trinajstić information content (AvgIpc) is 2.69. The number of para-hydroxylation sites is 1. The number of nitrogens with zero attached hydrogens (tertiary/aromatic N) is 2. The Morgan fingerprint density at radius 1 is 1.00 bits per heavy atom. The van der Waals surface area contributed by atoms with Gasteiger partial charge in [0, 0.05) is 35.3 Å². The number of halogens is 1. The average molecular weight is 478 g/mol. The first-order valence-corrected chi connectivity index (χ1v) is 9.55. The summed E-state index contributed by atoms with van der Waals surface area (Å²) < 4.78 is 0.569. The highest BCUT2D eigenvalue weighted by atomic mass is 79.9. The molecule has 0 heterocycles. The van der Waals surface area contributed by atoms with Crippen LogP contribution in [0.25, 0.3) is 0 Å². The Bertz CT molecular complexity index is 1040. The molecule has 0 atom stereocenters. The molecule has 1 amide bonds. The molecule has 158 valence electrons. The molecule has 2 aromatic rings. The number of nitrogens with two attached hydrogens (primary N) is 1. The van der Waals surface area contributed by atoms with Crippen LogP contribution in [0.2, 0.25) is 0 Å². The molecule has 2 aromatic carbocycles. The van der Waals surface area contributed by atoms with Crippen LogP contribution in [0.15, 0.2) is 52.0 Å². The van der Waals surface area contributed by atoms with E-state index in [0.29, 0.717) is 16.7 Å². The smallest absolute Gasteiger partial charge is 0.293 e. The molecule has 2 rings (SSSR count). The van der Waals surface area contributed by atoms with Crippen LogP contribution in [0.3, 0.4) is 0 Å². The first-order valence-electron chi connectivity index (χ1n) is 8.76. The molecule has 30 heavy (non-hydrogen) atoms. The van der Waals surface area contributed by atoms with E-state index < -0.39 is 15.8 Å². The first-order chi connectivity index (χ1) is 14.1. The van der Waals surface area contributed by atoms with E-state index >= 15 is 0 Å². The Kier molecular flexibility index (Phi) is 7.48. The lowest BCUT2D eigenvalue weighted by atomic mass is 10.1. The third-order valence-corrected chi connectivity index (χ3v) is 5.13. The second-order valence-electron chi connectivity index (χ2n) is 6.51. The van der Waals surface area contributed by atoms with Crippen molar-refractivity contribution in [3.8, 4) is 0 Å². The van der Waals surface area contributed by atoms with Gasteiger partial charge in [0.25, 0.3) is 11.4 Å². The molecule has 0 aliphatic heterocycles. The quantitative estimate of drug-likeness (QED) is 0.277. The summed E-state index contributed by atoms with van der Waals surface area (Å²) in [6.45, 7) is 4.29. The van der Waals surface area contributed by atoms with Crippen LogP contribution in [0.5, 0.6) is 0 Å². The van der Waals surface area contributed by atoms with E-state index in [1.165, 1.54) is 24.3 Å². The Morgan fingerprint density at radius 2 is 1.60 bits per heavy atom. The molecular formula is C19H20BrN5O5. The summed E-state index contributed by atoms with van der Waals surface area (Å²) in [7, 11) is 0. The number of carbonyl (C=O) groups is 1. The highest BCUT2D eigenvalue weighted by molar-refractivity contribution is 9.10. The van der Waals surface area contributed by atoms with E-state index in [0.717, 1.165) is 11.1 Å². The standard InChI is InChI=1S/C19H20BrN5O5/c1-11(9-22-15-8-13(19(21)26)6-7-16(15)24(27)28)12(2)10-23-18-14(20)4-3-5-17(18)25(29)30/h3-8,22-23H,9-10H2,1-2H3,(H2,21,26). The molecule has 0 unspecified atom stereocenters. The highest BCUT2D eigenvalue weighted by Gasteiger charge is 2.17. The molecule has 0 fully saturated rings. The first kappa shape index (κ1) is 22.8. The predicted octanol–water partition coefficient (Wildman–Crippen LogP) is 4.22. The summed E-state index contributed by atoms with van der Waals surface area (Å²) in [6.07, 6.45) is 0. The lowest BCUT2D eigenvalue weighted by Gasteiger charge is -2.13. The number of nitro groups is 2. The number of benzene rings is 2. The zero-order valence-corrected chi connectivity index (χ0v) is 17.9. The van der Waals surface area contributed by atoms with E-state index in [4.69, 9.17) is 5.73 Å². The molecule has 4 N–H and O–H groups in total. The summed E-state index contributed by atoms with van der Waals surface area (Å²) in [5.41, 5.74) is 7.49. The van der Waals surface area contributed by atoms with Gasteiger partial charge >= 0.3 is 0 Å². The molecule has 0 spiro atoms. The van der Waals surface area contributed by atoms with Crippen LogP contribution < -0.4 is 16.4 Å². The number of hydrogen-bond acceptors (Lipinski definition) is 7. The topological polar surface area (TPSA) is 153 Å². The molecule has 0 radical (unpaired) electrons. The number of anilines is 2. The largest absolute Gasteiger partial charge is 0.376 e. The fourth-order valence-electron chi connectivity index (χ4n) is 2.58. The Balaban J connectivity index is 2.15. The fourth-order valence-corrected chi connectivity index (χ4v) is 3.08. The summed E-state index contributed by atoms with van der Waals surface area (Å²) in [4.78, 5) is 32.8. The van der Waals surface area contributed by atoms with Gasteiger partial charge in [-0.3, -0.25) is 25.0 Å². The SMILES string of the molecule is CC(CNc1cc(C(N)=O)ccc1[N+](=O)[O-])=C(C)CNc1c(Br)cccc1[N+](=O)[O-]. The minimum atomic E-state index is -0.685. The van der Waals surface area contributed by atoms with Gasteiger partial charge < -0.3 is 16.4 Å². The van der Waals surface area contributed by atoms with Crippen LogP contribution in [-0.2, 0) is 0 Å². The normalized spacial score (nSPS) is 11.4. The number of carbonyl (C=O) groups excluding carboxylic acids is 1. The van der Waals surface area contributed by atoms with Crippen LogP contribution in [0.1, 0.15) is 24.2 Å². The molecule has 0 aliphatic carbocycles. The van der Waals surface area contributed by atoms with Gasteiger partial charge in [-0.05, 0) is 48.0 Å². The second kappa shape index (κ2) is 9.83. The number of hydrogen-bond donors (Lipinski definition) is 3. The van der Waals surface area contributed by atoms with Crippen molar-refractivity contribution >= 4 is 44.6 Å². The van der Waals surface area contributed by atoms with Crippen LogP contribution in [0.4, 0.5) is 22.7 Å². The van der Waals surface area contributed by atoms with E-state index in [1.54, 1.807) is 12.1 Å². The predicted molar refractivity (Wildman–Crippen MR) is 118 cm³/mol. The Morgan fingerprint density at radius 3 is 2.17 bits per heavy atom. The Hall–Kier alpha value is -3.47. The van der Waals surface area contributed by atoms with Gasteiger partial charge in [-0.1, -0.05) is 17.2 Å². The van der Waals surface area contributed by atoms with Gasteiger partial charge in [-0.15, -0.1) is 0 Å². The zero-order valence-electron chi connectivity index (χ0n) is 16.3. The highest BCUT2D eigenvalue weighted by Crippen LogP contribution is 2.32. The van der Waals surface area contributed by atoms with Crippen LogP contribution in [-0.4, -0.2) is 28.8 Å². The monoisotopic (exact) mass is 477 g/mol.